The largest absolute Gasteiger partial charge is 0.326 e. The first kappa shape index (κ1) is 13.8. The number of nitrogens with one attached hydrogen (secondary N) is 2. The van der Waals surface area contributed by atoms with Crippen LogP contribution in [0.1, 0.15) is 23.0 Å². The zero-order chi connectivity index (χ0) is 14.7. The summed E-state index contributed by atoms with van der Waals surface area (Å²) in [6.07, 6.45) is 1.56. The van der Waals surface area contributed by atoms with Crippen LogP contribution in [0.4, 0.5) is 11.4 Å². The van der Waals surface area contributed by atoms with Gasteiger partial charge in [0.05, 0.1) is 0 Å². The number of aryl methyl sites for hydroxylation is 2. The van der Waals surface area contributed by atoms with E-state index in [-0.39, 0.29) is 11.8 Å². The molecule has 20 heavy (non-hydrogen) atoms. The molecule has 2 N–H and O–H groups in total. The minimum absolute atomic E-state index is 0.155. The Balaban J connectivity index is 2.22. The average molecular weight is 272 g/mol. The molecule has 0 atom stereocenters. The molecule has 2 rings (SSSR count). The summed E-state index contributed by atoms with van der Waals surface area (Å²) in [4.78, 5) is 23.2. The van der Waals surface area contributed by atoms with Gasteiger partial charge in [-0.05, 0) is 30.7 Å². The highest BCUT2D eigenvalue weighted by molar-refractivity contribution is 6.04. The van der Waals surface area contributed by atoms with Gasteiger partial charge >= 0.3 is 0 Å². The van der Waals surface area contributed by atoms with Crippen molar-refractivity contribution in [2.45, 2.75) is 13.8 Å². The Labute approximate surface area is 116 Å². The summed E-state index contributed by atoms with van der Waals surface area (Å²) in [7, 11) is 1.70. The summed E-state index contributed by atoms with van der Waals surface area (Å²) < 4.78 is 1.50. The van der Waals surface area contributed by atoms with Crippen LogP contribution in [0.3, 0.4) is 0 Å². The first-order valence-electron chi connectivity index (χ1n) is 6.15. The molecule has 0 aliphatic carbocycles. The Hall–Kier alpha value is -2.63. The van der Waals surface area contributed by atoms with E-state index in [0.717, 1.165) is 5.56 Å². The van der Waals surface area contributed by atoms with E-state index in [1.165, 1.54) is 11.6 Å². The Morgan fingerprint density at radius 3 is 2.55 bits per heavy atom. The predicted octanol–water partition coefficient (Wildman–Crippen LogP) is 1.94. The number of carbonyl (C=O) groups is 2. The molecule has 1 aromatic heterocycles. The average Bonchev–Trinajstić information content (AvgIpc) is 2.79. The minimum atomic E-state index is -0.243. The van der Waals surface area contributed by atoms with Crippen LogP contribution >= 0.6 is 0 Å². The second-order valence-electron chi connectivity index (χ2n) is 4.51. The SMILES string of the molecule is CC(=O)Nc1ccc(C)c(NC(=O)c2ccnn2C)c1. The molecule has 0 aliphatic rings. The number of rotatable bonds is 3. The first-order chi connectivity index (χ1) is 9.47. The third kappa shape index (κ3) is 3.03. The predicted molar refractivity (Wildman–Crippen MR) is 76.6 cm³/mol. The van der Waals surface area contributed by atoms with E-state index >= 15 is 0 Å². The van der Waals surface area contributed by atoms with Crippen LogP contribution < -0.4 is 10.6 Å². The fraction of sp³-hybridized carbons (Fsp3) is 0.214. The second kappa shape index (κ2) is 5.56. The lowest BCUT2D eigenvalue weighted by Crippen LogP contribution is -2.17. The molecular formula is C14H16N4O2. The van der Waals surface area contributed by atoms with Gasteiger partial charge in [0.2, 0.25) is 5.91 Å². The molecule has 0 saturated carbocycles. The van der Waals surface area contributed by atoms with Gasteiger partial charge in [-0.2, -0.15) is 5.10 Å². The number of carbonyl (C=O) groups excluding carboxylic acids is 2. The van der Waals surface area contributed by atoms with Crippen LogP contribution in [0.25, 0.3) is 0 Å². The van der Waals surface area contributed by atoms with Gasteiger partial charge in [0.1, 0.15) is 5.69 Å². The summed E-state index contributed by atoms with van der Waals surface area (Å²) in [6, 6.07) is 6.99. The minimum Gasteiger partial charge on any atom is -0.326 e. The lowest BCUT2D eigenvalue weighted by atomic mass is 10.1. The van der Waals surface area contributed by atoms with Crippen LogP contribution in [0, 0.1) is 6.92 Å². The van der Waals surface area contributed by atoms with E-state index in [9.17, 15) is 9.59 Å². The number of hydrogen-bond acceptors (Lipinski definition) is 3. The van der Waals surface area contributed by atoms with Gasteiger partial charge in [0.25, 0.3) is 5.91 Å². The van der Waals surface area contributed by atoms with Crippen molar-refractivity contribution in [1.29, 1.82) is 0 Å². The number of aromatic nitrogens is 2. The molecule has 6 heteroatoms. The molecule has 104 valence electrons. The molecule has 0 fully saturated rings. The standard InChI is InChI=1S/C14H16N4O2/c1-9-4-5-11(16-10(2)19)8-12(9)17-14(20)13-6-7-15-18(13)3/h4-8H,1-3H3,(H,16,19)(H,17,20). The fourth-order valence-electron chi connectivity index (χ4n) is 1.82. The summed E-state index contributed by atoms with van der Waals surface area (Å²) >= 11 is 0. The summed E-state index contributed by atoms with van der Waals surface area (Å²) in [6.45, 7) is 3.32. The number of benzene rings is 1. The number of anilines is 2. The van der Waals surface area contributed by atoms with Gasteiger partial charge in [-0.3, -0.25) is 14.3 Å². The molecule has 2 amide bonds. The smallest absolute Gasteiger partial charge is 0.273 e. The Bertz CT molecular complexity index is 661. The van der Waals surface area contributed by atoms with Crippen molar-refractivity contribution in [3.05, 3.63) is 41.7 Å². The highest BCUT2D eigenvalue weighted by Crippen LogP contribution is 2.21. The van der Waals surface area contributed by atoms with Crippen LogP contribution in [0.15, 0.2) is 30.5 Å². The van der Waals surface area contributed by atoms with E-state index in [0.29, 0.717) is 17.1 Å². The quantitative estimate of drug-likeness (QED) is 0.896. The van der Waals surface area contributed by atoms with E-state index in [1.807, 2.05) is 13.0 Å². The van der Waals surface area contributed by atoms with Gasteiger partial charge < -0.3 is 10.6 Å². The second-order valence-corrected chi connectivity index (χ2v) is 4.51. The van der Waals surface area contributed by atoms with Crippen LogP contribution in [0.5, 0.6) is 0 Å². The maximum absolute atomic E-state index is 12.1. The van der Waals surface area contributed by atoms with E-state index < -0.39 is 0 Å². The third-order valence-electron chi connectivity index (χ3n) is 2.86. The maximum Gasteiger partial charge on any atom is 0.273 e. The molecule has 0 spiro atoms. The summed E-state index contributed by atoms with van der Waals surface area (Å²) in [5, 5.41) is 9.46. The Morgan fingerprint density at radius 2 is 1.95 bits per heavy atom. The highest BCUT2D eigenvalue weighted by Gasteiger charge is 2.11. The molecule has 0 unspecified atom stereocenters. The van der Waals surface area contributed by atoms with Crippen LogP contribution in [-0.2, 0) is 11.8 Å². The van der Waals surface area contributed by atoms with Crippen molar-refractivity contribution in [3.63, 3.8) is 0 Å². The van der Waals surface area contributed by atoms with Crippen molar-refractivity contribution >= 4 is 23.2 Å². The first-order valence-corrected chi connectivity index (χ1v) is 6.15. The lowest BCUT2D eigenvalue weighted by Gasteiger charge is -2.11. The van der Waals surface area contributed by atoms with Crippen molar-refractivity contribution in [1.82, 2.24) is 9.78 Å². The van der Waals surface area contributed by atoms with E-state index in [2.05, 4.69) is 15.7 Å². The van der Waals surface area contributed by atoms with Gasteiger partial charge in [-0.15, -0.1) is 0 Å². The molecule has 6 nitrogen and oxygen atoms in total. The molecule has 0 aliphatic heterocycles. The van der Waals surface area contributed by atoms with Crippen LogP contribution in [0.2, 0.25) is 0 Å². The van der Waals surface area contributed by atoms with Gasteiger partial charge in [-0.1, -0.05) is 6.07 Å². The van der Waals surface area contributed by atoms with Gasteiger partial charge in [0, 0.05) is 31.5 Å². The molecular weight excluding hydrogens is 256 g/mol. The summed E-state index contributed by atoms with van der Waals surface area (Å²) in [5.74, 6) is -0.397. The molecule has 0 bridgehead atoms. The monoisotopic (exact) mass is 272 g/mol. The molecule has 1 heterocycles. The van der Waals surface area contributed by atoms with Crippen molar-refractivity contribution in [2.24, 2.45) is 7.05 Å². The molecule has 1 aromatic carbocycles. The molecule has 0 saturated heterocycles. The zero-order valence-corrected chi connectivity index (χ0v) is 11.6. The Morgan fingerprint density at radius 1 is 1.20 bits per heavy atom. The number of amides is 2. The van der Waals surface area contributed by atoms with Crippen LogP contribution in [-0.4, -0.2) is 21.6 Å². The molecule has 2 aromatic rings. The maximum atomic E-state index is 12.1. The number of nitrogens with zero attached hydrogens (tertiary/aromatic N) is 2. The van der Waals surface area contributed by atoms with Gasteiger partial charge in [-0.25, -0.2) is 0 Å². The number of hydrogen-bond donors (Lipinski definition) is 2. The third-order valence-corrected chi connectivity index (χ3v) is 2.86. The van der Waals surface area contributed by atoms with Gasteiger partial charge in [0.15, 0.2) is 0 Å². The molecule has 0 radical (unpaired) electrons. The summed E-state index contributed by atoms with van der Waals surface area (Å²) in [5.41, 5.74) is 2.68. The topological polar surface area (TPSA) is 76.0 Å². The van der Waals surface area contributed by atoms with Crippen molar-refractivity contribution in [3.8, 4) is 0 Å². The zero-order valence-electron chi connectivity index (χ0n) is 11.6. The normalized spacial score (nSPS) is 10.2. The fourth-order valence-corrected chi connectivity index (χ4v) is 1.82. The Kier molecular flexibility index (Phi) is 3.84. The highest BCUT2D eigenvalue weighted by atomic mass is 16.2. The lowest BCUT2D eigenvalue weighted by molar-refractivity contribution is -0.114. The van der Waals surface area contributed by atoms with Crippen molar-refractivity contribution in [2.75, 3.05) is 10.6 Å². The van der Waals surface area contributed by atoms with E-state index in [4.69, 9.17) is 0 Å². The van der Waals surface area contributed by atoms with Crippen molar-refractivity contribution < 1.29 is 9.59 Å². The van der Waals surface area contributed by atoms with E-state index in [1.54, 1.807) is 31.4 Å².